The van der Waals surface area contributed by atoms with Gasteiger partial charge in [-0.1, -0.05) is 47.6 Å². The van der Waals surface area contributed by atoms with Crippen LogP contribution < -0.4 is 5.32 Å². The second-order valence-electron chi connectivity index (χ2n) is 5.72. The first kappa shape index (κ1) is 17.6. The summed E-state index contributed by atoms with van der Waals surface area (Å²) in [4.78, 5) is 16.5. The Morgan fingerprint density at radius 3 is 2.60 bits per heavy atom. The maximum absolute atomic E-state index is 12.1. The molecule has 0 unspecified atom stereocenters. The van der Waals surface area contributed by atoms with Gasteiger partial charge in [0.25, 0.3) is 0 Å². The van der Waals surface area contributed by atoms with E-state index in [2.05, 4.69) is 38.0 Å². The van der Waals surface area contributed by atoms with Crippen molar-refractivity contribution in [2.24, 2.45) is 0 Å². The summed E-state index contributed by atoms with van der Waals surface area (Å²) in [6.07, 6.45) is 0.732. The molecule has 0 aliphatic heterocycles. The Balaban J connectivity index is 1.53. The van der Waals surface area contributed by atoms with E-state index in [1.165, 1.54) is 0 Å². The van der Waals surface area contributed by atoms with Crippen LogP contribution in [0.2, 0.25) is 0 Å². The lowest BCUT2D eigenvalue weighted by atomic mass is 10.1. The fourth-order valence-electron chi connectivity index (χ4n) is 2.43. The van der Waals surface area contributed by atoms with Gasteiger partial charge in [-0.15, -0.1) is 0 Å². The number of carbonyl (C=O) groups is 1. The molecular weight excluding hydrogens is 429 g/mol. The summed E-state index contributed by atoms with van der Waals surface area (Å²) in [5.41, 5.74) is 1.98. The second kappa shape index (κ2) is 8.24. The van der Waals surface area contributed by atoms with Gasteiger partial charge in [-0.05, 0) is 47.2 Å². The lowest BCUT2D eigenvalue weighted by Gasteiger charge is -2.13. The third-order valence-corrected chi connectivity index (χ3v) is 4.53. The highest BCUT2D eigenvalue weighted by atomic mass is 127. The Labute approximate surface area is 160 Å². The van der Waals surface area contributed by atoms with E-state index in [-0.39, 0.29) is 11.9 Å². The van der Waals surface area contributed by atoms with E-state index in [0.29, 0.717) is 24.6 Å². The van der Waals surface area contributed by atoms with Gasteiger partial charge in [-0.3, -0.25) is 4.79 Å². The average molecular weight is 447 g/mol. The lowest BCUT2D eigenvalue weighted by Crippen LogP contribution is -2.26. The molecule has 0 fully saturated rings. The van der Waals surface area contributed by atoms with Gasteiger partial charge in [0.05, 0.1) is 6.04 Å². The van der Waals surface area contributed by atoms with Crippen LogP contribution in [-0.2, 0) is 11.2 Å². The van der Waals surface area contributed by atoms with E-state index in [4.69, 9.17) is 4.52 Å². The van der Waals surface area contributed by atoms with Crippen molar-refractivity contribution >= 4 is 28.5 Å². The van der Waals surface area contributed by atoms with Gasteiger partial charge in [0.15, 0.2) is 0 Å². The van der Waals surface area contributed by atoms with Gasteiger partial charge < -0.3 is 9.84 Å². The van der Waals surface area contributed by atoms with Gasteiger partial charge in [-0.2, -0.15) is 4.98 Å². The Morgan fingerprint density at radius 1 is 1.16 bits per heavy atom. The molecule has 1 amide bonds. The van der Waals surface area contributed by atoms with E-state index in [0.717, 1.165) is 14.7 Å². The molecule has 1 aromatic heterocycles. The number of nitrogens with zero attached hydrogens (tertiary/aromatic N) is 2. The Kier molecular flexibility index (Phi) is 5.80. The molecule has 0 radical (unpaired) electrons. The molecule has 25 heavy (non-hydrogen) atoms. The highest BCUT2D eigenvalue weighted by molar-refractivity contribution is 14.1. The molecule has 128 valence electrons. The largest absolute Gasteiger partial charge is 0.350 e. The highest BCUT2D eigenvalue weighted by Crippen LogP contribution is 2.18. The Morgan fingerprint density at radius 2 is 1.88 bits per heavy atom. The van der Waals surface area contributed by atoms with Crippen molar-refractivity contribution in [3.05, 3.63) is 69.6 Å². The van der Waals surface area contributed by atoms with E-state index >= 15 is 0 Å². The number of rotatable bonds is 6. The molecule has 1 atom stereocenters. The molecule has 0 aliphatic carbocycles. The van der Waals surface area contributed by atoms with Gasteiger partial charge >= 0.3 is 0 Å². The summed E-state index contributed by atoms with van der Waals surface area (Å²) in [7, 11) is 0. The molecule has 0 bridgehead atoms. The average Bonchev–Trinajstić information content (AvgIpc) is 3.10. The third kappa shape index (κ3) is 4.88. The Hall–Kier alpha value is -2.22. The highest BCUT2D eigenvalue weighted by Gasteiger charge is 2.13. The van der Waals surface area contributed by atoms with Crippen molar-refractivity contribution in [1.82, 2.24) is 15.5 Å². The molecule has 0 spiro atoms. The first-order chi connectivity index (χ1) is 12.1. The standard InChI is InChI=1S/C19H18IN3O2/c1-13(14-5-3-2-4-6-14)21-17(24)11-12-18-22-19(23-25-18)15-7-9-16(20)10-8-15/h2-10,13H,11-12H2,1H3,(H,21,24)/t13-/m1/s1. The zero-order valence-corrected chi connectivity index (χ0v) is 15.9. The predicted octanol–water partition coefficient (Wildman–Crippen LogP) is 4.15. The maximum Gasteiger partial charge on any atom is 0.227 e. The second-order valence-corrected chi connectivity index (χ2v) is 6.96. The number of halogens is 1. The molecule has 5 nitrogen and oxygen atoms in total. The van der Waals surface area contributed by atoms with E-state index in [9.17, 15) is 4.79 Å². The molecule has 1 heterocycles. The number of aryl methyl sites for hydroxylation is 1. The quantitative estimate of drug-likeness (QED) is 0.577. The van der Waals surface area contributed by atoms with Crippen LogP contribution in [-0.4, -0.2) is 16.0 Å². The third-order valence-electron chi connectivity index (χ3n) is 3.81. The topological polar surface area (TPSA) is 68.0 Å². The Bertz CT molecular complexity index is 831. The van der Waals surface area contributed by atoms with Crippen molar-refractivity contribution in [3.63, 3.8) is 0 Å². The summed E-state index contributed by atoms with van der Waals surface area (Å²) in [5.74, 6) is 0.978. The fourth-order valence-corrected chi connectivity index (χ4v) is 2.79. The molecule has 3 rings (SSSR count). The van der Waals surface area contributed by atoms with Crippen molar-refractivity contribution in [2.45, 2.75) is 25.8 Å². The van der Waals surface area contributed by atoms with E-state index in [1.807, 2.05) is 61.5 Å². The molecule has 1 N–H and O–H groups in total. The van der Waals surface area contributed by atoms with E-state index in [1.54, 1.807) is 0 Å². The van der Waals surface area contributed by atoms with Gasteiger partial charge in [0.2, 0.25) is 17.6 Å². The van der Waals surface area contributed by atoms with Crippen LogP contribution in [0, 0.1) is 3.57 Å². The van der Waals surface area contributed by atoms with Crippen molar-refractivity contribution in [3.8, 4) is 11.4 Å². The van der Waals surface area contributed by atoms with Gasteiger partial charge in [0, 0.05) is 22.0 Å². The smallest absolute Gasteiger partial charge is 0.227 e. The van der Waals surface area contributed by atoms with Crippen LogP contribution in [0.25, 0.3) is 11.4 Å². The molecule has 2 aromatic carbocycles. The van der Waals surface area contributed by atoms with Crippen molar-refractivity contribution in [1.29, 1.82) is 0 Å². The SMILES string of the molecule is C[C@@H](NC(=O)CCc1nc(-c2ccc(I)cc2)no1)c1ccccc1. The number of amides is 1. The van der Waals surface area contributed by atoms with Gasteiger partial charge in [0.1, 0.15) is 0 Å². The van der Waals surface area contributed by atoms with Crippen LogP contribution in [0.3, 0.4) is 0 Å². The minimum Gasteiger partial charge on any atom is -0.350 e. The first-order valence-electron chi connectivity index (χ1n) is 8.04. The minimum absolute atomic E-state index is 0.0289. The molecule has 6 heteroatoms. The molecule has 0 saturated carbocycles. The number of carbonyl (C=O) groups excluding carboxylic acids is 1. The van der Waals surface area contributed by atoms with Crippen molar-refractivity contribution in [2.75, 3.05) is 0 Å². The summed E-state index contributed by atoms with van der Waals surface area (Å²) in [6.45, 7) is 1.97. The minimum atomic E-state index is -0.0367. The zero-order chi connectivity index (χ0) is 17.6. The van der Waals surface area contributed by atoms with Crippen LogP contribution >= 0.6 is 22.6 Å². The number of hydrogen-bond acceptors (Lipinski definition) is 4. The summed E-state index contributed by atoms with van der Waals surface area (Å²) < 4.78 is 6.39. The van der Waals surface area contributed by atoms with E-state index < -0.39 is 0 Å². The number of benzene rings is 2. The number of nitrogens with one attached hydrogen (secondary N) is 1. The van der Waals surface area contributed by atoms with Gasteiger partial charge in [-0.25, -0.2) is 0 Å². The normalized spacial score (nSPS) is 11.9. The maximum atomic E-state index is 12.1. The molecular formula is C19H18IN3O2. The molecule has 0 aliphatic rings. The van der Waals surface area contributed by atoms with Crippen molar-refractivity contribution < 1.29 is 9.32 Å². The van der Waals surface area contributed by atoms with Crippen LogP contribution in [0.4, 0.5) is 0 Å². The lowest BCUT2D eigenvalue weighted by molar-refractivity contribution is -0.121. The first-order valence-corrected chi connectivity index (χ1v) is 9.12. The molecule has 0 saturated heterocycles. The predicted molar refractivity (Wildman–Crippen MR) is 104 cm³/mol. The fraction of sp³-hybridized carbons (Fsp3) is 0.211. The monoisotopic (exact) mass is 447 g/mol. The van der Waals surface area contributed by atoms with Crippen LogP contribution in [0.5, 0.6) is 0 Å². The van der Waals surface area contributed by atoms with Crippen LogP contribution in [0.15, 0.2) is 59.1 Å². The molecule has 3 aromatic rings. The number of aromatic nitrogens is 2. The summed E-state index contributed by atoms with van der Waals surface area (Å²) in [5, 5.41) is 6.96. The summed E-state index contributed by atoms with van der Waals surface area (Å²) >= 11 is 2.25. The zero-order valence-electron chi connectivity index (χ0n) is 13.8. The van der Waals surface area contributed by atoms with Crippen LogP contribution in [0.1, 0.15) is 30.8 Å². The summed E-state index contributed by atoms with van der Waals surface area (Å²) in [6, 6.07) is 17.7. The number of hydrogen-bond donors (Lipinski definition) is 1.